The number of benzene rings is 2. The first kappa shape index (κ1) is 31.7. The Morgan fingerprint density at radius 3 is 2.13 bits per heavy atom. The van der Waals surface area contributed by atoms with Crippen LogP contribution in [0.5, 0.6) is 0 Å². The van der Waals surface area contributed by atoms with E-state index in [9.17, 15) is 27.2 Å². The Kier molecular flexibility index (Phi) is 10.6. The molecule has 2 atom stereocenters. The van der Waals surface area contributed by atoms with Crippen LogP contribution in [-0.4, -0.2) is 24.5 Å². The summed E-state index contributed by atoms with van der Waals surface area (Å²) in [5.74, 6) is -5.92. The summed E-state index contributed by atoms with van der Waals surface area (Å²) in [6.45, 7) is 11.2. The van der Waals surface area contributed by atoms with Crippen LogP contribution in [0.1, 0.15) is 61.9 Å². The van der Waals surface area contributed by atoms with Gasteiger partial charge in [-0.3, -0.25) is 9.59 Å². The van der Waals surface area contributed by atoms with Crippen LogP contribution < -0.4 is 10.6 Å². The fourth-order valence-corrected chi connectivity index (χ4v) is 4.44. The summed E-state index contributed by atoms with van der Waals surface area (Å²) in [5, 5.41) is 5.04. The second kappa shape index (κ2) is 13.0. The van der Waals surface area contributed by atoms with Gasteiger partial charge in [0.15, 0.2) is 0 Å². The standard InChI is InChI=1S/C28H32F6N2O3/c1-7-35-21(9-14(3)4)27(38)36-20(13-22(37)39-8-2)24-25(30)18(12-19(26(24)31)28(32,33)34)23-15(5)10-17(29)11-16(23)6/h7,10-12,14,20-21,35H,1,8-9,13H2,2-6H3,(H,36,38)/t20-,21?/m0/s1. The van der Waals surface area contributed by atoms with Gasteiger partial charge >= 0.3 is 12.1 Å². The molecule has 0 saturated carbocycles. The molecule has 1 amide bonds. The molecule has 2 aromatic carbocycles. The molecular formula is C28H32F6N2O3. The Morgan fingerprint density at radius 1 is 1.05 bits per heavy atom. The molecule has 0 aromatic heterocycles. The number of alkyl halides is 3. The molecule has 0 spiro atoms. The second-order valence-corrected chi connectivity index (χ2v) is 9.55. The number of hydrogen-bond donors (Lipinski definition) is 2. The zero-order valence-corrected chi connectivity index (χ0v) is 22.4. The van der Waals surface area contributed by atoms with Gasteiger partial charge in [0.1, 0.15) is 23.5 Å². The van der Waals surface area contributed by atoms with Crippen molar-refractivity contribution in [2.24, 2.45) is 5.92 Å². The van der Waals surface area contributed by atoms with E-state index < -0.39 is 70.7 Å². The summed E-state index contributed by atoms with van der Waals surface area (Å²) in [5.41, 5.74) is -3.48. The van der Waals surface area contributed by atoms with E-state index in [1.165, 1.54) is 27.0 Å². The Labute approximate surface area is 223 Å². The van der Waals surface area contributed by atoms with Gasteiger partial charge in [-0.25, -0.2) is 13.2 Å². The van der Waals surface area contributed by atoms with Crippen molar-refractivity contribution in [1.82, 2.24) is 10.6 Å². The maximum absolute atomic E-state index is 16.1. The van der Waals surface area contributed by atoms with Crippen LogP contribution in [0.2, 0.25) is 0 Å². The number of carbonyl (C=O) groups excluding carboxylic acids is 2. The molecule has 0 aliphatic carbocycles. The summed E-state index contributed by atoms with van der Waals surface area (Å²) in [6, 6.07) is -0.489. The van der Waals surface area contributed by atoms with Gasteiger partial charge in [-0.2, -0.15) is 13.2 Å². The number of hydrogen-bond acceptors (Lipinski definition) is 4. The van der Waals surface area contributed by atoms with Gasteiger partial charge in [-0.1, -0.05) is 20.4 Å². The number of esters is 1. The van der Waals surface area contributed by atoms with Crippen molar-refractivity contribution >= 4 is 11.9 Å². The van der Waals surface area contributed by atoms with Crippen LogP contribution >= 0.6 is 0 Å². The molecule has 0 bridgehead atoms. The fraction of sp³-hybridized carbons (Fsp3) is 0.429. The predicted octanol–water partition coefficient (Wildman–Crippen LogP) is 6.66. The molecule has 5 nitrogen and oxygen atoms in total. The number of amides is 1. The third-order valence-corrected chi connectivity index (χ3v) is 5.99. The SMILES string of the molecule is C=CNC(CC(C)C)C(=O)N[C@@H](CC(=O)OCC)c1c(F)c(-c2c(C)cc(F)cc2C)cc(C(F)(F)F)c1F. The zero-order chi connectivity index (χ0) is 29.7. The number of carbonyl (C=O) groups is 2. The lowest BCUT2D eigenvalue weighted by Gasteiger charge is -2.26. The van der Waals surface area contributed by atoms with E-state index >= 15 is 8.78 Å². The molecule has 0 fully saturated rings. The first-order valence-corrected chi connectivity index (χ1v) is 12.3. The maximum Gasteiger partial charge on any atom is 0.419 e. The normalized spacial score (nSPS) is 13.1. The molecule has 0 aliphatic rings. The molecule has 2 aromatic rings. The third kappa shape index (κ3) is 7.77. The molecule has 214 valence electrons. The Balaban J connectivity index is 2.84. The molecule has 11 heteroatoms. The van der Waals surface area contributed by atoms with Crippen molar-refractivity contribution in [3.63, 3.8) is 0 Å². The highest BCUT2D eigenvalue weighted by Gasteiger charge is 2.40. The van der Waals surface area contributed by atoms with Crippen LogP contribution in [0, 0.1) is 37.2 Å². The maximum atomic E-state index is 16.1. The van der Waals surface area contributed by atoms with Crippen molar-refractivity contribution in [3.05, 3.63) is 70.7 Å². The predicted molar refractivity (Wildman–Crippen MR) is 135 cm³/mol. The molecule has 2 rings (SSSR count). The lowest BCUT2D eigenvalue weighted by atomic mass is 9.89. The lowest BCUT2D eigenvalue weighted by Crippen LogP contribution is -2.45. The molecule has 39 heavy (non-hydrogen) atoms. The highest BCUT2D eigenvalue weighted by molar-refractivity contribution is 5.83. The molecule has 0 radical (unpaired) electrons. The van der Waals surface area contributed by atoms with E-state index in [2.05, 4.69) is 17.2 Å². The summed E-state index contributed by atoms with van der Waals surface area (Å²) in [6.07, 6.45) is -4.63. The largest absolute Gasteiger partial charge is 0.466 e. The van der Waals surface area contributed by atoms with E-state index in [4.69, 9.17) is 4.74 Å². The van der Waals surface area contributed by atoms with E-state index in [1.54, 1.807) is 0 Å². The molecule has 0 aliphatic heterocycles. The van der Waals surface area contributed by atoms with Gasteiger partial charge in [0, 0.05) is 11.1 Å². The minimum absolute atomic E-state index is 0.0187. The van der Waals surface area contributed by atoms with Gasteiger partial charge in [0.25, 0.3) is 0 Å². The van der Waals surface area contributed by atoms with Crippen molar-refractivity contribution in [2.45, 2.75) is 65.7 Å². The number of aryl methyl sites for hydroxylation is 2. The van der Waals surface area contributed by atoms with Gasteiger partial charge in [-0.05, 0) is 74.2 Å². The second-order valence-electron chi connectivity index (χ2n) is 9.55. The number of halogens is 6. The van der Waals surface area contributed by atoms with Crippen molar-refractivity contribution < 1.29 is 40.7 Å². The summed E-state index contributed by atoms with van der Waals surface area (Å²) in [7, 11) is 0. The van der Waals surface area contributed by atoms with Crippen molar-refractivity contribution in [1.29, 1.82) is 0 Å². The van der Waals surface area contributed by atoms with Gasteiger partial charge in [-0.15, -0.1) is 0 Å². The topological polar surface area (TPSA) is 67.4 Å². The first-order valence-electron chi connectivity index (χ1n) is 12.3. The number of nitrogens with one attached hydrogen (secondary N) is 2. The average Bonchev–Trinajstić information content (AvgIpc) is 2.78. The summed E-state index contributed by atoms with van der Waals surface area (Å²) >= 11 is 0. The minimum Gasteiger partial charge on any atom is -0.466 e. The smallest absolute Gasteiger partial charge is 0.419 e. The summed E-state index contributed by atoms with van der Waals surface area (Å²) in [4.78, 5) is 25.5. The van der Waals surface area contributed by atoms with Crippen LogP contribution in [0.25, 0.3) is 11.1 Å². The van der Waals surface area contributed by atoms with E-state index in [0.717, 1.165) is 12.1 Å². The average molecular weight is 559 g/mol. The highest BCUT2D eigenvalue weighted by atomic mass is 19.4. The molecule has 0 heterocycles. The Bertz CT molecular complexity index is 1200. The molecule has 0 saturated heterocycles. The van der Waals surface area contributed by atoms with Crippen LogP contribution in [0.3, 0.4) is 0 Å². The Hall–Kier alpha value is -3.50. The van der Waals surface area contributed by atoms with E-state index in [-0.39, 0.29) is 35.6 Å². The van der Waals surface area contributed by atoms with E-state index in [0.29, 0.717) is 6.07 Å². The van der Waals surface area contributed by atoms with Crippen LogP contribution in [0.15, 0.2) is 31.0 Å². The van der Waals surface area contributed by atoms with Crippen LogP contribution in [-0.2, 0) is 20.5 Å². The third-order valence-electron chi connectivity index (χ3n) is 5.99. The first-order chi connectivity index (χ1) is 18.1. The zero-order valence-electron chi connectivity index (χ0n) is 22.4. The number of ether oxygens (including phenoxy) is 1. The number of rotatable bonds is 11. The quantitative estimate of drug-likeness (QED) is 0.239. The Morgan fingerprint density at radius 2 is 1.64 bits per heavy atom. The summed E-state index contributed by atoms with van der Waals surface area (Å²) < 4.78 is 92.3. The minimum atomic E-state index is -5.26. The lowest BCUT2D eigenvalue weighted by molar-refractivity contribution is -0.144. The monoisotopic (exact) mass is 558 g/mol. The van der Waals surface area contributed by atoms with Gasteiger partial charge in [0.2, 0.25) is 5.91 Å². The van der Waals surface area contributed by atoms with Crippen molar-refractivity contribution in [3.8, 4) is 11.1 Å². The molecule has 1 unspecified atom stereocenters. The highest BCUT2D eigenvalue weighted by Crippen LogP contribution is 2.42. The van der Waals surface area contributed by atoms with Gasteiger partial charge in [0.05, 0.1) is 24.6 Å². The van der Waals surface area contributed by atoms with Gasteiger partial charge < -0.3 is 15.4 Å². The fourth-order valence-electron chi connectivity index (χ4n) is 4.44. The molecular weight excluding hydrogens is 526 g/mol. The van der Waals surface area contributed by atoms with Crippen LogP contribution in [0.4, 0.5) is 26.3 Å². The van der Waals surface area contributed by atoms with E-state index in [1.807, 2.05) is 13.8 Å². The molecule has 2 N–H and O–H groups in total. The van der Waals surface area contributed by atoms with Crippen molar-refractivity contribution in [2.75, 3.05) is 6.61 Å².